The zero-order valence-electron chi connectivity index (χ0n) is 8.43. The fraction of sp³-hybridized carbons (Fsp3) is 0.0667. The van der Waals surface area contributed by atoms with Crippen molar-refractivity contribution < 1.29 is 0 Å². The van der Waals surface area contributed by atoms with Gasteiger partial charge in [-0.3, -0.25) is 0 Å². The third kappa shape index (κ3) is 1.39. The number of benzene rings is 1. The molecule has 0 amide bonds. The minimum Gasteiger partial charge on any atom is -0.0726 e. The van der Waals surface area contributed by atoms with Crippen molar-refractivity contribution in [2.45, 2.75) is 5.92 Å². The van der Waals surface area contributed by atoms with Crippen molar-refractivity contribution in [1.29, 1.82) is 0 Å². The SMILES string of the molecule is C1=CC=C2C=Cc3ccccc3C2C=C1. The lowest BCUT2D eigenvalue weighted by molar-refractivity contribution is 1.01. The highest BCUT2D eigenvalue weighted by Crippen LogP contribution is 2.35. The molecule has 1 aromatic carbocycles. The van der Waals surface area contributed by atoms with Crippen molar-refractivity contribution in [2.24, 2.45) is 0 Å². The van der Waals surface area contributed by atoms with E-state index in [1.165, 1.54) is 16.7 Å². The summed E-state index contributed by atoms with van der Waals surface area (Å²) in [5.74, 6) is 0.432. The van der Waals surface area contributed by atoms with Crippen LogP contribution in [-0.4, -0.2) is 0 Å². The summed E-state index contributed by atoms with van der Waals surface area (Å²) in [5, 5.41) is 0. The molecule has 0 heteroatoms. The summed E-state index contributed by atoms with van der Waals surface area (Å²) in [6.45, 7) is 0. The van der Waals surface area contributed by atoms with Crippen molar-refractivity contribution in [3.63, 3.8) is 0 Å². The van der Waals surface area contributed by atoms with Crippen molar-refractivity contribution in [3.05, 3.63) is 77.4 Å². The molecule has 0 saturated carbocycles. The molecule has 72 valence electrons. The van der Waals surface area contributed by atoms with Gasteiger partial charge in [0.2, 0.25) is 0 Å². The van der Waals surface area contributed by atoms with Crippen molar-refractivity contribution >= 4 is 6.08 Å². The maximum Gasteiger partial charge on any atom is 0.0278 e. The second-order valence-corrected chi connectivity index (χ2v) is 3.88. The monoisotopic (exact) mass is 192 g/mol. The van der Waals surface area contributed by atoms with Gasteiger partial charge >= 0.3 is 0 Å². The molecule has 1 aromatic rings. The van der Waals surface area contributed by atoms with Gasteiger partial charge in [-0.1, -0.05) is 66.8 Å². The zero-order chi connectivity index (χ0) is 10.1. The number of hydrogen-bond acceptors (Lipinski definition) is 0. The van der Waals surface area contributed by atoms with E-state index >= 15 is 0 Å². The largest absolute Gasteiger partial charge is 0.0726 e. The minimum atomic E-state index is 0.432. The summed E-state index contributed by atoms with van der Waals surface area (Å²) in [5.41, 5.74) is 4.12. The lowest BCUT2D eigenvalue weighted by Gasteiger charge is -2.20. The molecule has 1 unspecified atom stereocenters. The lowest BCUT2D eigenvalue weighted by Crippen LogP contribution is -2.03. The maximum absolute atomic E-state index is 2.26. The summed E-state index contributed by atoms with van der Waals surface area (Å²) in [6, 6.07) is 8.60. The molecule has 0 spiro atoms. The lowest BCUT2D eigenvalue weighted by atomic mass is 9.83. The van der Waals surface area contributed by atoms with Gasteiger partial charge in [0.15, 0.2) is 0 Å². The Kier molecular flexibility index (Phi) is 1.92. The molecule has 3 rings (SSSR count). The Hall–Kier alpha value is -1.82. The van der Waals surface area contributed by atoms with Crippen LogP contribution in [0.5, 0.6) is 0 Å². The summed E-state index contributed by atoms with van der Waals surface area (Å²) in [4.78, 5) is 0. The fourth-order valence-electron chi connectivity index (χ4n) is 2.20. The van der Waals surface area contributed by atoms with E-state index in [-0.39, 0.29) is 0 Å². The molecule has 0 fully saturated rings. The Balaban J connectivity index is 2.20. The molecule has 0 heterocycles. The fourth-order valence-corrected chi connectivity index (χ4v) is 2.20. The third-order valence-electron chi connectivity index (χ3n) is 2.96. The van der Waals surface area contributed by atoms with Crippen molar-refractivity contribution in [2.75, 3.05) is 0 Å². The van der Waals surface area contributed by atoms with Gasteiger partial charge in [-0.25, -0.2) is 0 Å². The first-order valence-electron chi connectivity index (χ1n) is 5.27. The van der Waals surface area contributed by atoms with Crippen molar-refractivity contribution in [1.82, 2.24) is 0 Å². The van der Waals surface area contributed by atoms with Gasteiger partial charge in [0.05, 0.1) is 0 Å². The predicted molar refractivity (Wildman–Crippen MR) is 64.6 cm³/mol. The minimum absolute atomic E-state index is 0.432. The van der Waals surface area contributed by atoms with Crippen LogP contribution in [0.15, 0.2) is 66.3 Å². The van der Waals surface area contributed by atoms with E-state index in [4.69, 9.17) is 0 Å². The van der Waals surface area contributed by atoms with Crippen LogP contribution >= 0.6 is 0 Å². The number of fused-ring (bicyclic) bond motifs is 3. The van der Waals surface area contributed by atoms with Gasteiger partial charge in [0.1, 0.15) is 0 Å². The molecule has 0 aliphatic heterocycles. The molecule has 0 N–H and O–H groups in total. The van der Waals surface area contributed by atoms with Crippen LogP contribution in [0.4, 0.5) is 0 Å². The molecule has 0 bridgehead atoms. The molecule has 15 heavy (non-hydrogen) atoms. The first kappa shape index (κ1) is 8.49. The van der Waals surface area contributed by atoms with Gasteiger partial charge < -0.3 is 0 Å². The average molecular weight is 192 g/mol. The summed E-state index contributed by atoms with van der Waals surface area (Å²) in [7, 11) is 0. The van der Waals surface area contributed by atoms with Crippen LogP contribution in [0.1, 0.15) is 17.0 Å². The van der Waals surface area contributed by atoms with Gasteiger partial charge in [-0.15, -0.1) is 0 Å². The third-order valence-corrected chi connectivity index (χ3v) is 2.96. The van der Waals surface area contributed by atoms with Gasteiger partial charge in [0.25, 0.3) is 0 Å². The number of allylic oxidation sites excluding steroid dienone is 7. The second kappa shape index (κ2) is 3.39. The molecule has 2 aliphatic carbocycles. The van der Waals surface area contributed by atoms with Gasteiger partial charge in [-0.2, -0.15) is 0 Å². The molecule has 2 aliphatic rings. The standard InChI is InChI=1S/C15H12/c1-2-6-12-10-11-13-7-4-5-9-15(13)14(12)8-3-1/h1-11,14H. The van der Waals surface area contributed by atoms with Gasteiger partial charge in [0, 0.05) is 5.92 Å². The Bertz CT molecular complexity index is 499. The van der Waals surface area contributed by atoms with E-state index in [0.29, 0.717) is 5.92 Å². The first-order chi connectivity index (χ1) is 7.45. The van der Waals surface area contributed by atoms with Crippen LogP contribution in [-0.2, 0) is 0 Å². The Morgan fingerprint density at radius 1 is 0.867 bits per heavy atom. The Morgan fingerprint density at radius 3 is 2.80 bits per heavy atom. The van der Waals surface area contributed by atoms with E-state index in [0.717, 1.165) is 0 Å². The zero-order valence-corrected chi connectivity index (χ0v) is 8.43. The summed E-state index contributed by atoms with van der Waals surface area (Å²) < 4.78 is 0. The average Bonchev–Trinajstić information content (AvgIpc) is 2.54. The van der Waals surface area contributed by atoms with E-state index in [1.807, 2.05) is 0 Å². The van der Waals surface area contributed by atoms with Crippen LogP contribution in [0, 0.1) is 0 Å². The van der Waals surface area contributed by atoms with Crippen LogP contribution in [0.3, 0.4) is 0 Å². The highest BCUT2D eigenvalue weighted by atomic mass is 14.2. The molecular weight excluding hydrogens is 180 g/mol. The van der Waals surface area contributed by atoms with E-state index in [1.54, 1.807) is 0 Å². The smallest absolute Gasteiger partial charge is 0.0278 e. The van der Waals surface area contributed by atoms with E-state index in [2.05, 4.69) is 66.8 Å². The Labute approximate surface area is 89.9 Å². The predicted octanol–water partition coefficient (Wildman–Crippen LogP) is 3.85. The quantitative estimate of drug-likeness (QED) is 0.585. The normalized spacial score (nSPS) is 21.6. The second-order valence-electron chi connectivity index (χ2n) is 3.88. The molecular formula is C15H12. The van der Waals surface area contributed by atoms with E-state index < -0.39 is 0 Å². The molecule has 0 radical (unpaired) electrons. The number of rotatable bonds is 0. The molecule has 0 aromatic heterocycles. The van der Waals surface area contributed by atoms with Crippen LogP contribution < -0.4 is 0 Å². The summed E-state index contributed by atoms with van der Waals surface area (Å²) in [6.07, 6.45) is 15.2. The highest BCUT2D eigenvalue weighted by Gasteiger charge is 2.17. The summed E-state index contributed by atoms with van der Waals surface area (Å²) >= 11 is 0. The first-order valence-corrected chi connectivity index (χ1v) is 5.27. The molecule has 0 saturated heterocycles. The Morgan fingerprint density at radius 2 is 1.80 bits per heavy atom. The van der Waals surface area contributed by atoms with E-state index in [9.17, 15) is 0 Å². The maximum atomic E-state index is 2.26. The highest BCUT2D eigenvalue weighted by molar-refractivity contribution is 5.66. The molecule has 1 atom stereocenters. The van der Waals surface area contributed by atoms with Crippen LogP contribution in [0.2, 0.25) is 0 Å². The van der Waals surface area contributed by atoms with Gasteiger partial charge in [-0.05, 0) is 16.7 Å². The number of hydrogen-bond donors (Lipinski definition) is 0. The topological polar surface area (TPSA) is 0 Å². The molecule has 0 nitrogen and oxygen atoms in total. The van der Waals surface area contributed by atoms with Crippen molar-refractivity contribution in [3.8, 4) is 0 Å². The van der Waals surface area contributed by atoms with Crippen LogP contribution in [0.25, 0.3) is 6.08 Å².